The molecule has 1 aliphatic carbocycles. The summed E-state index contributed by atoms with van der Waals surface area (Å²) >= 11 is 0. The lowest BCUT2D eigenvalue weighted by molar-refractivity contribution is -0.189. The van der Waals surface area contributed by atoms with E-state index in [4.69, 9.17) is 5.11 Å². The maximum absolute atomic E-state index is 10.6. The number of H-pyrrole nitrogens is 1. The lowest BCUT2D eigenvalue weighted by atomic mass is 9.94. The zero-order valence-corrected chi connectivity index (χ0v) is 11.6. The Kier molecular flexibility index (Phi) is 4.57. The van der Waals surface area contributed by atoms with Crippen LogP contribution in [0.2, 0.25) is 0 Å². The molecule has 0 radical (unpaired) electrons. The quantitative estimate of drug-likeness (QED) is 0.740. The minimum atomic E-state index is -1.71. The number of fused-ring (bicyclic) bond motifs is 1. The van der Waals surface area contributed by atoms with Crippen molar-refractivity contribution in [2.24, 2.45) is 5.92 Å². The Bertz CT molecular complexity index is 643. The zero-order valence-electron chi connectivity index (χ0n) is 11.6. The van der Waals surface area contributed by atoms with Crippen LogP contribution in [0.15, 0.2) is 60.8 Å². The first-order valence-corrected chi connectivity index (χ1v) is 6.45. The van der Waals surface area contributed by atoms with Crippen LogP contribution in [-0.4, -0.2) is 34.1 Å². The Morgan fingerprint density at radius 2 is 2.05 bits per heavy atom. The van der Waals surface area contributed by atoms with Crippen LogP contribution in [0.3, 0.4) is 0 Å². The minimum absolute atomic E-state index is 1.03. The van der Waals surface area contributed by atoms with Crippen LogP contribution in [0.1, 0.15) is 0 Å². The van der Waals surface area contributed by atoms with Gasteiger partial charge in [0.25, 0.3) is 0 Å². The molecule has 0 fully saturated rings. The second kappa shape index (κ2) is 6.39. The fraction of sp³-hybridized carbons (Fsp3) is 0.188. The van der Waals surface area contributed by atoms with E-state index in [1.165, 1.54) is 30.2 Å². The van der Waals surface area contributed by atoms with Crippen molar-refractivity contribution in [3.05, 3.63) is 60.8 Å². The van der Waals surface area contributed by atoms with Crippen LogP contribution in [0.25, 0.3) is 10.9 Å². The molecule has 0 bridgehead atoms. The van der Waals surface area contributed by atoms with Gasteiger partial charge < -0.3 is 19.9 Å². The van der Waals surface area contributed by atoms with Crippen molar-refractivity contribution >= 4 is 16.9 Å². The Balaban J connectivity index is 0.000000159. The number of hydrogen-bond acceptors (Lipinski definition) is 3. The van der Waals surface area contributed by atoms with Gasteiger partial charge in [-0.1, -0.05) is 36.4 Å². The van der Waals surface area contributed by atoms with E-state index in [1.807, 2.05) is 18.3 Å². The summed E-state index contributed by atoms with van der Waals surface area (Å²) in [6.45, 7) is 0. The molecule has 1 heterocycles. The van der Waals surface area contributed by atoms with Crippen LogP contribution < -0.4 is 0 Å². The van der Waals surface area contributed by atoms with Crippen molar-refractivity contribution in [3.8, 4) is 0 Å². The first-order chi connectivity index (χ1) is 10.1. The SMILES string of the molecule is COC1(O)C=CC=CC1C(=O)O.c1ccc2[nH]ccc2c1. The molecule has 3 N–H and O–H groups in total. The van der Waals surface area contributed by atoms with E-state index in [-0.39, 0.29) is 0 Å². The van der Waals surface area contributed by atoms with Crippen molar-refractivity contribution in [2.45, 2.75) is 5.79 Å². The van der Waals surface area contributed by atoms with E-state index in [9.17, 15) is 9.90 Å². The number of ether oxygens (including phenoxy) is 1. The van der Waals surface area contributed by atoms with Crippen molar-refractivity contribution in [3.63, 3.8) is 0 Å². The monoisotopic (exact) mass is 287 g/mol. The zero-order chi connectivity index (χ0) is 15.3. The third-order valence-corrected chi connectivity index (χ3v) is 3.25. The van der Waals surface area contributed by atoms with Gasteiger partial charge in [-0.2, -0.15) is 0 Å². The topological polar surface area (TPSA) is 82.6 Å². The normalized spacial score (nSPS) is 23.6. The summed E-state index contributed by atoms with van der Waals surface area (Å²) in [5, 5.41) is 19.5. The molecule has 2 atom stereocenters. The summed E-state index contributed by atoms with van der Waals surface area (Å²) in [6, 6.07) is 10.3. The number of nitrogens with one attached hydrogen (secondary N) is 1. The van der Waals surface area contributed by atoms with Gasteiger partial charge in [0.15, 0.2) is 0 Å². The number of carboxylic acid groups (broad SMARTS) is 1. The molecule has 0 aliphatic heterocycles. The standard InChI is InChI=1S/C8H7N.C8H10O4/c1-2-4-8-7(3-1)5-6-9-8;1-12-8(11)5-3-2-4-6(8)7(9)10/h1-6,9H;2-6,11H,1H3,(H,9,10). The molecule has 1 aliphatic rings. The van der Waals surface area contributed by atoms with Crippen LogP contribution in [0, 0.1) is 5.92 Å². The third kappa shape index (κ3) is 3.39. The number of carbonyl (C=O) groups is 1. The molecular weight excluding hydrogens is 270 g/mol. The Labute approximate surface area is 122 Å². The van der Waals surface area contributed by atoms with Crippen LogP contribution >= 0.6 is 0 Å². The van der Waals surface area contributed by atoms with Crippen molar-refractivity contribution in [1.29, 1.82) is 0 Å². The maximum Gasteiger partial charge on any atom is 0.316 e. The van der Waals surface area contributed by atoms with Gasteiger partial charge in [-0.3, -0.25) is 4.79 Å². The molecule has 5 nitrogen and oxygen atoms in total. The van der Waals surface area contributed by atoms with Crippen LogP contribution in [0.4, 0.5) is 0 Å². The van der Waals surface area contributed by atoms with Crippen LogP contribution in [0.5, 0.6) is 0 Å². The first kappa shape index (κ1) is 15.0. The molecule has 0 spiro atoms. The Morgan fingerprint density at radius 3 is 2.67 bits per heavy atom. The highest BCUT2D eigenvalue weighted by Gasteiger charge is 2.39. The molecule has 21 heavy (non-hydrogen) atoms. The molecule has 2 unspecified atom stereocenters. The summed E-state index contributed by atoms with van der Waals surface area (Å²) in [5.41, 5.74) is 1.21. The fourth-order valence-corrected chi connectivity index (χ4v) is 2.06. The lowest BCUT2D eigenvalue weighted by Crippen LogP contribution is -2.42. The van der Waals surface area contributed by atoms with Crippen molar-refractivity contribution in [1.82, 2.24) is 4.98 Å². The Hall–Kier alpha value is -2.37. The molecule has 1 aromatic heterocycles. The largest absolute Gasteiger partial charge is 0.481 e. The second-order valence-electron chi connectivity index (χ2n) is 4.58. The molecule has 3 rings (SSSR count). The smallest absolute Gasteiger partial charge is 0.316 e. The van der Waals surface area contributed by atoms with Crippen molar-refractivity contribution in [2.75, 3.05) is 7.11 Å². The van der Waals surface area contributed by atoms with Crippen LogP contribution in [-0.2, 0) is 9.53 Å². The number of benzene rings is 1. The molecule has 2 aromatic rings. The highest BCUT2D eigenvalue weighted by atomic mass is 16.6. The van der Waals surface area contributed by atoms with E-state index in [0.717, 1.165) is 0 Å². The number of aromatic nitrogens is 1. The summed E-state index contributed by atoms with van der Waals surface area (Å²) < 4.78 is 4.69. The molecule has 1 aromatic carbocycles. The summed E-state index contributed by atoms with van der Waals surface area (Å²) in [5.74, 6) is -3.85. The maximum atomic E-state index is 10.6. The molecule has 110 valence electrons. The number of aromatic amines is 1. The minimum Gasteiger partial charge on any atom is -0.481 e. The number of hydrogen-bond donors (Lipinski definition) is 3. The number of carboxylic acids is 1. The number of allylic oxidation sites excluding steroid dienone is 2. The van der Waals surface area contributed by atoms with Gasteiger partial charge in [-0.15, -0.1) is 0 Å². The van der Waals surface area contributed by atoms with Gasteiger partial charge in [-0.25, -0.2) is 0 Å². The van der Waals surface area contributed by atoms with E-state index in [1.54, 1.807) is 12.2 Å². The van der Waals surface area contributed by atoms with Gasteiger partial charge >= 0.3 is 5.97 Å². The highest BCUT2D eigenvalue weighted by Crippen LogP contribution is 2.25. The summed E-state index contributed by atoms with van der Waals surface area (Å²) in [6.07, 6.45) is 7.75. The summed E-state index contributed by atoms with van der Waals surface area (Å²) in [4.78, 5) is 13.7. The van der Waals surface area contributed by atoms with Crippen molar-refractivity contribution < 1.29 is 19.7 Å². The number of methoxy groups -OCH3 is 1. The number of para-hydroxylation sites is 1. The fourth-order valence-electron chi connectivity index (χ4n) is 2.06. The molecular formula is C16H17NO4. The second-order valence-corrected chi connectivity index (χ2v) is 4.58. The van der Waals surface area contributed by atoms with Gasteiger partial charge in [0.05, 0.1) is 0 Å². The average molecular weight is 287 g/mol. The van der Waals surface area contributed by atoms with E-state index in [0.29, 0.717) is 0 Å². The number of aliphatic hydroxyl groups is 1. The predicted molar refractivity (Wildman–Crippen MR) is 79.7 cm³/mol. The van der Waals surface area contributed by atoms with Gasteiger partial charge in [0.2, 0.25) is 5.79 Å². The Morgan fingerprint density at radius 1 is 1.29 bits per heavy atom. The summed E-state index contributed by atoms with van der Waals surface area (Å²) in [7, 11) is 1.26. The molecule has 5 heteroatoms. The lowest BCUT2D eigenvalue weighted by Gasteiger charge is -2.28. The highest BCUT2D eigenvalue weighted by molar-refractivity contribution is 5.78. The number of aliphatic carboxylic acids is 1. The van der Waals surface area contributed by atoms with Gasteiger partial charge in [0.1, 0.15) is 5.92 Å². The van der Waals surface area contributed by atoms with Gasteiger partial charge in [0, 0.05) is 18.8 Å². The molecule has 0 saturated heterocycles. The predicted octanol–water partition coefficient (Wildman–Crippen LogP) is 2.32. The first-order valence-electron chi connectivity index (χ1n) is 6.45. The van der Waals surface area contributed by atoms with Gasteiger partial charge in [-0.05, 0) is 23.6 Å². The van der Waals surface area contributed by atoms with E-state index < -0.39 is 17.7 Å². The molecule has 0 saturated carbocycles. The number of rotatable bonds is 2. The van der Waals surface area contributed by atoms with E-state index >= 15 is 0 Å². The molecule has 0 amide bonds. The average Bonchev–Trinajstić information content (AvgIpc) is 2.96. The third-order valence-electron chi connectivity index (χ3n) is 3.25. The van der Waals surface area contributed by atoms with E-state index in [2.05, 4.69) is 27.9 Å².